The minimum Gasteiger partial charge on any atom is -0.374 e. The summed E-state index contributed by atoms with van der Waals surface area (Å²) >= 11 is 0. The van der Waals surface area contributed by atoms with Gasteiger partial charge in [-0.2, -0.15) is 13.2 Å². The molecule has 152 valence electrons. The smallest absolute Gasteiger partial charge is 0.374 e. The number of carbonyl (C=O) groups excluding carboxylic acids is 3. The van der Waals surface area contributed by atoms with E-state index < -0.39 is 30.0 Å². The van der Waals surface area contributed by atoms with Gasteiger partial charge in [0.05, 0.1) is 0 Å². The molecule has 0 saturated carbocycles. The lowest BCUT2D eigenvalue weighted by atomic mass is 9.90. The number of amides is 2. The molecule has 0 bridgehead atoms. The van der Waals surface area contributed by atoms with E-state index >= 15 is 0 Å². The Labute approximate surface area is 159 Å². The van der Waals surface area contributed by atoms with Gasteiger partial charge in [-0.25, -0.2) is 4.79 Å². The van der Waals surface area contributed by atoms with Gasteiger partial charge in [-0.3, -0.25) is 9.59 Å². The predicted octanol–water partition coefficient (Wildman–Crippen LogP) is 2.10. The molecular weight excluding hydrogens is 379 g/mol. The highest BCUT2D eigenvalue weighted by molar-refractivity contribution is 6.01. The zero-order valence-corrected chi connectivity index (χ0v) is 14.9. The third-order valence-electron chi connectivity index (χ3n) is 4.84. The molecule has 1 atom stereocenters. The second-order valence-corrected chi connectivity index (χ2v) is 6.78. The number of nitrogens with one attached hydrogen (secondary N) is 2. The van der Waals surface area contributed by atoms with Crippen LogP contribution in [-0.2, 0) is 19.2 Å². The van der Waals surface area contributed by atoms with E-state index in [1.807, 2.05) is 12.1 Å². The number of piperidine rings is 2. The second kappa shape index (κ2) is 8.17. The molecule has 28 heavy (non-hydrogen) atoms. The molecule has 2 aliphatic rings. The monoisotopic (exact) mass is 399 g/mol. The Kier molecular flexibility index (Phi) is 5.87. The van der Waals surface area contributed by atoms with Gasteiger partial charge in [0.25, 0.3) is 11.8 Å². The molecule has 1 aromatic carbocycles. The first kappa shape index (κ1) is 20.1. The summed E-state index contributed by atoms with van der Waals surface area (Å²) in [6.45, 7) is 1.92. The molecule has 1 aromatic rings. The summed E-state index contributed by atoms with van der Waals surface area (Å²) in [6.07, 6.45) is -3.36. The van der Waals surface area contributed by atoms with Crippen molar-refractivity contribution in [2.24, 2.45) is 0 Å². The summed E-state index contributed by atoms with van der Waals surface area (Å²) in [6, 6.07) is 6.49. The molecule has 0 aromatic heterocycles. The van der Waals surface area contributed by atoms with Crippen LogP contribution in [0.2, 0.25) is 0 Å². The molecular formula is C18H20F3N3O4. The fraction of sp³-hybridized carbons (Fsp3) is 0.500. The number of halogens is 3. The highest BCUT2D eigenvalue weighted by Crippen LogP contribution is 2.27. The van der Waals surface area contributed by atoms with E-state index in [2.05, 4.69) is 15.5 Å². The number of hydrogen-bond acceptors (Lipinski definition) is 6. The summed E-state index contributed by atoms with van der Waals surface area (Å²) < 4.78 is 37.1. The number of hydrogen-bond donors (Lipinski definition) is 2. The minimum absolute atomic E-state index is 0.0911. The van der Waals surface area contributed by atoms with Gasteiger partial charge in [0, 0.05) is 12.1 Å². The Bertz CT molecular complexity index is 745. The van der Waals surface area contributed by atoms with Crippen molar-refractivity contribution in [2.45, 2.75) is 43.8 Å². The number of carbonyl (C=O) groups is 3. The van der Waals surface area contributed by atoms with Gasteiger partial charge in [-0.05, 0) is 56.0 Å². The molecule has 0 aliphatic carbocycles. The Balaban J connectivity index is 1.64. The number of rotatable bonds is 4. The normalized spacial score (nSPS) is 21.5. The molecule has 0 spiro atoms. The fourth-order valence-corrected chi connectivity index (χ4v) is 3.33. The molecule has 10 heteroatoms. The number of hydroxylamine groups is 2. The summed E-state index contributed by atoms with van der Waals surface area (Å²) in [5, 5.41) is 6.10. The van der Waals surface area contributed by atoms with Crippen molar-refractivity contribution in [1.82, 2.24) is 10.4 Å². The molecule has 1 unspecified atom stereocenters. The zero-order chi connectivity index (χ0) is 20.3. The number of benzene rings is 1. The zero-order valence-electron chi connectivity index (χ0n) is 14.9. The fourth-order valence-electron chi connectivity index (χ4n) is 3.33. The molecule has 2 heterocycles. The average Bonchev–Trinajstić information content (AvgIpc) is 2.67. The number of imide groups is 1. The van der Waals surface area contributed by atoms with E-state index in [9.17, 15) is 27.6 Å². The maximum atomic E-state index is 12.4. The third-order valence-corrected chi connectivity index (χ3v) is 4.84. The quantitative estimate of drug-likeness (QED) is 0.754. The largest absolute Gasteiger partial charge is 0.493 e. The predicted molar refractivity (Wildman–Crippen MR) is 91.9 cm³/mol. The SMILES string of the molecule is O=C1CCC(Nc2ccc(C3CCNCC3)cc2)C(=O)N1OC(=O)C(F)(F)F. The Hall–Kier alpha value is -2.62. The van der Waals surface area contributed by atoms with Gasteiger partial charge in [0.1, 0.15) is 6.04 Å². The molecule has 2 saturated heterocycles. The van der Waals surface area contributed by atoms with Gasteiger partial charge >= 0.3 is 12.1 Å². The lowest BCUT2D eigenvalue weighted by Crippen LogP contribution is -2.52. The van der Waals surface area contributed by atoms with Crippen LogP contribution in [0.15, 0.2) is 24.3 Å². The maximum Gasteiger partial charge on any atom is 0.493 e. The van der Waals surface area contributed by atoms with Crippen molar-refractivity contribution in [3.8, 4) is 0 Å². The lowest BCUT2D eigenvalue weighted by molar-refractivity contribution is -0.237. The third kappa shape index (κ3) is 4.61. The van der Waals surface area contributed by atoms with E-state index in [1.54, 1.807) is 12.1 Å². The Morgan fingerprint density at radius 3 is 2.36 bits per heavy atom. The van der Waals surface area contributed by atoms with Crippen LogP contribution in [0.4, 0.5) is 18.9 Å². The van der Waals surface area contributed by atoms with Crippen LogP contribution in [-0.4, -0.2) is 48.2 Å². The van der Waals surface area contributed by atoms with Crippen LogP contribution in [0.5, 0.6) is 0 Å². The topological polar surface area (TPSA) is 87.7 Å². The minimum atomic E-state index is -5.30. The van der Waals surface area contributed by atoms with Crippen LogP contribution in [0.1, 0.15) is 37.2 Å². The van der Waals surface area contributed by atoms with Crippen molar-refractivity contribution in [3.05, 3.63) is 29.8 Å². The van der Waals surface area contributed by atoms with Crippen molar-refractivity contribution >= 4 is 23.5 Å². The van der Waals surface area contributed by atoms with E-state index in [0.717, 1.165) is 25.9 Å². The van der Waals surface area contributed by atoms with Crippen LogP contribution in [0.25, 0.3) is 0 Å². The summed E-state index contributed by atoms with van der Waals surface area (Å²) in [5.74, 6) is -4.17. The van der Waals surface area contributed by atoms with Crippen LogP contribution in [0.3, 0.4) is 0 Å². The van der Waals surface area contributed by atoms with Gasteiger partial charge < -0.3 is 15.5 Å². The van der Waals surface area contributed by atoms with E-state index in [4.69, 9.17) is 0 Å². The van der Waals surface area contributed by atoms with Crippen LogP contribution >= 0.6 is 0 Å². The van der Waals surface area contributed by atoms with Gasteiger partial charge in [-0.1, -0.05) is 12.1 Å². The first-order valence-electron chi connectivity index (χ1n) is 8.99. The van der Waals surface area contributed by atoms with Crippen molar-refractivity contribution in [2.75, 3.05) is 18.4 Å². The molecule has 2 amide bonds. The Morgan fingerprint density at radius 1 is 1.11 bits per heavy atom. The van der Waals surface area contributed by atoms with Crippen LogP contribution in [0, 0.1) is 0 Å². The first-order valence-corrected chi connectivity index (χ1v) is 8.99. The summed E-state index contributed by atoms with van der Waals surface area (Å²) in [5.41, 5.74) is 1.77. The summed E-state index contributed by atoms with van der Waals surface area (Å²) in [7, 11) is 0. The maximum absolute atomic E-state index is 12.4. The number of anilines is 1. The molecule has 2 N–H and O–H groups in total. The van der Waals surface area contributed by atoms with E-state index in [1.165, 1.54) is 5.56 Å². The van der Waals surface area contributed by atoms with Gasteiger partial charge in [0.2, 0.25) is 0 Å². The highest BCUT2D eigenvalue weighted by Gasteiger charge is 2.46. The number of nitrogens with zero attached hydrogens (tertiary/aromatic N) is 1. The van der Waals surface area contributed by atoms with Crippen LogP contribution < -0.4 is 10.6 Å². The van der Waals surface area contributed by atoms with Gasteiger partial charge in [-0.15, -0.1) is 5.06 Å². The van der Waals surface area contributed by atoms with Crippen molar-refractivity contribution < 1.29 is 32.4 Å². The number of alkyl halides is 3. The first-order chi connectivity index (χ1) is 13.3. The standard InChI is InChI=1S/C18H20F3N3O4/c19-18(20,21)17(27)28-24-15(25)6-5-14(16(24)26)23-13-3-1-11(2-4-13)12-7-9-22-10-8-12/h1-4,12,14,22-23H,5-10H2. The molecule has 7 nitrogen and oxygen atoms in total. The van der Waals surface area contributed by atoms with Crippen molar-refractivity contribution in [1.29, 1.82) is 0 Å². The summed E-state index contributed by atoms with van der Waals surface area (Å²) in [4.78, 5) is 39.0. The second-order valence-electron chi connectivity index (χ2n) is 6.78. The highest BCUT2D eigenvalue weighted by atomic mass is 19.4. The molecule has 0 radical (unpaired) electrons. The Morgan fingerprint density at radius 2 is 1.75 bits per heavy atom. The van der Waals surface area contributed by atoms with Crippen molar-refractivity contribution in [3.63, 3.8) is 0 Å². The molecule has 3 rings (SSSR count). The lowest BCUT2D eigenvalue weighted by Gasteiger charge is -2.30. The average molecular weight is 399 g/mol. The van der Waals surface area contributed by atoms with E-state index in [-0.39, 0.29) is 17.9 Å². The van der Waals surface area contributed by atoms with E-state index in [0.29, 0.717) is 11.6 Å². The molecule has 2 fully saturated rings. The molecule has 2 aliphatic heterocycles. The van der Waals surface area contributed by atoms with Gasteiger partial charge in [0.15, 0.2) is 0 Å².